The van der Waals surface area contributed by atoms with Gasteiger partial charge in [0.05, 0.1) is 27.7 Å². The van der Waals surface area contributed by atoms with Crippen LogP contribution in [-0.4, -0.2) is 51.4 Å². The van der Waals surface area contributed by atoms with E-state index in [-0.39, 0.29) is 23.8 Å². The zero-order chi connectivity index (χ0) is 34.0. The molecule has 1 atom stereocenters. The molecule has 0 saturated heterocycles. The molecular formula is C36H39Cl2N3O5S. The van der Waals surface area contributed by atoms with Crippen molar-refractivity contribution in [2.24, 2.45) is 0 Å². The van der Waals surface area contributed by atoms with Crippen LogP contribution in [0.1, 0.15) is 36.5 Å². The topological polar surface area (TPSA) is 96.0 Å². The number of hydrogen-bond acceptors (Lipinski definition) is 5. The van der Waals surface area contributed by atoms with Crippen molar-refractivity contribution in [1.29, 1.82) is 0 Å². The van der Waals surface area contributed by atoms with Gasteiger partial charge in [-0.25, -0.2) is 8.42 Å². The number of nitrogens with zero attached hydrogens (tertiary/aromatic N) is 2. The van der Waals surface area contributed by atoms with Crippen LogP contribution in [0.25, 0.3) is 0 Å². The van der Waals surface area contributed by atoms with Gasteiger partial charge in [-0.3, -0.25) is 13.9 Å². The van der Waals surface area contributed by atoms with Crippen molar-refractivity contribution in [3.63, 3.8) is 0 Å². The summed E-state index contributed by atoms with van der Waals surface area (Å²) < 4.78 is 34.7. The molecule has 0 bridgehead atoms. The molecule has 2 amide bonds. The van der Waals surface area contributed by atoms with Gasteiger partial charge in [0.2, 0.25) is 11.8 Å². The molecule has 4 rings (SSSR count). The average molecular weight is 697 g/mol. The lowest BCUT2D eigenvalue weighted by Gasteiger charge is -2.34. The summed E-state index contributed by atoms with van der Waals surface area (Å²) in [4.78, 5) is 29.8. The number of halogens is 2. The minimum atomic E-state index is -4.24. The highest BCUT2D eigenvalue weighted by atomic mass is 35.5. The zero-order valence-electron chi connectivity index (χ0n) is 26.7. The summed E-state index contributed by atoms with van der Waals surface area (Å²) in [6.07, 6.45) is 1.86. The zero-order valence-corrected chi connectivity index (χ0v) is 29.0. The van der Waals surface area contributed by atoms with Crippen molar-refractivity contribution < 1.29 is 22.7 Å². The molecule has 0 aliphatic heterocycles. The molecular weight excluding hydrogens is 657 g/mol. The van der Waals surface area contributed by atoms with Gasteiger partial charge in [0.15, 0.2) is 0 Å². The summed E-state index contributed by atoms with van der Waals surface area (Å²) >= 11 is 12.5. The van der Waals surface area contributed by atoms with Crippen LogP contribution in [0.2, 0.25) is 10.0 Å². The number of sulfonamides is 1. The lowest BCUT2D eigenvalue weighted by atomic mass is 10.0. The highest BCUT2D eigenvalue weighted by molar-refractivity contribution is 7.92. The van der Waals surface area contributed by atoms with Gasteiger partial charge in [0.1, 0.15) is 18.3 Å². The lowest BCUT2D eigenvalue weighted by Crippen LogP contribution is -2.53. The van der Waals surface area contributed by atoms with Crippen LogP contribution in [0.4, 0.5) is 5.69 Å². The molecule has 248 valence electrons. The Morgan fingerprint density at radius 2 is 1.55 bits per heavy atom. The minimum Gasteiger partial charge on any atom is -0.497 e. The third-order valence-electron chi connectivity index (χ3n) is 7.69. The number of benzene rings is 4. The summed E-state index contributed by atoms with van der Waals surface area (Å²) in [6.45, 7) is 3.78. The SMILES string of the molecule is CCCCNC(=O)C(Cc1ccccc1)N(Cc1ccc(Cl)c(Cl)c1)C(=O)CN(c1ccc(C)cc1)S(=O)(=O)c1ccc(OC)cc1. The van der Waals surface area contributed by atoms with Crippen molar-refractivity contribution >= 4 is 50.7 Å². The Bertz CT molecular complexity index is 1750. The van der Waals surface area contributed by atoms with Gasteiger partial charge in [-0.1, -0.05) is 90.6 Å². The number of nitrogens with one attached hydrogen (secondary N) is 1. The maximum Gasteiger partial charge on any atom is 0.264 e. The molecule has 47 heavy (non-hydrogen) atoms. The van der Waals surface area contributed by atoms with E-state index in [1.807, 2.05) is 44.2 Å². The largest absolute Gasteiger partial charge is 0.497 e. The predicted molar refractivity (Wildman–Crippen MR) is 188 cm³/mol. The van der Waals surface area contributed by atoms with Gasteiger partial charge in [0.25, 0.3) is 10.0 Å². The number of methoxy groups -OCH3 is 1. The normalized spacial score (nSPS) is 11.9. The van der Waals surface area contributed by atoms with Gasteiger partial charge in [-0.05, 0) is 73.0 Å². The van der Waals surface area contributed by atoms with E-state index in [2.05, 4.69) is 5.32 Å². The molecule has 0 heterocycles. The molecule has 4 aromatic rings. The number of rotatable bonds is 15. The molecule has 0 spiro atoms. The first-order valence-electron chi connectivity index (χ1n) is 15.3. The van der Waals surface area contributed by atoms with Gasteiger partial charge < -0.3 is 15.0 Å². The van der Waals surface area contributed by atoms with Crippen molar-refractivity contribution in [3.05, 3.63) is 124 Å². The number of aryl methyl sites for hydroxylation is 1. The molecule has 0 saturated carbocycles. The summed E-state index contributed by atoms with van der Waals surface area (Å²) in [5.74, 6) is -0.413. The number of ether oxygens (including phenoxy) is 1. The summed E-state index contributed by atoms with van der Waals surface area (Å²) in [5, 5.41) is 3.63. The first-order valence-corrected chi connectivity index (χ1v) is 17.5. The molecule has 0 fully saturated rings. The molecule has 0 aromatic heterocycles. The van der Waals surface area contributed by atoms with Gasteiger partial charge in [0, 0.05) is 19.5 Å². The van der Waals surface area contributed by atoms with Crippen LogP contribution >= 0.6 is 23.2 Å². The molecule has 1 unspecified atom stereocenters. The molecule has 11 heteroatoms. The van der Waals surface area contributed by atoms with E-state index < -0.39 is 28.5 Å². The number of unbranched alkanes of at least 4 members (excludes halogenated alkanes) is 1. The van der Waals surface area contributed by atoms with Crippen LogP contribution < -0.4 is 14.4 Å². The summed E-state index contributed by atoms with van der Waals surface area (Å²) in [6, 6.07) is 26.3. The third-order valence-corrected chi connectivity index (χ3v) is 10.2. The Labute approximate surface area is 287 Å². The van der Waals surface area contributed by atoms with E-state index in [0.29, 0.717) is 33.6 Å². The fourth-order valence-corrected chi connectivity index (χ4v) is 6.74. The second kappa shape index (κ2) is 16.7. The lowest BCUT2D eigenvalue weighted by molar-refractivity contribution is -0.140. The molecule has 8 nitrogen and oxygen atoms in total. The van der Waals surface area contributed by atoms with Gasteiger partial charge >= 0.3 is 0 Å². The molecule has 0 radical (unpaired) electrons. The number of hydrogen-bond donors (Lipinski definition) is 1. The Morgan fingerprint density at radius 1 is 0.872 bits per heavy atom. The second-order valence-corrected chi connectivity index (χ2v) is 13.8. The smallest absolute Gasteiger partial charge is 0.264 e. The standard InChI is InChI=1S/C36H39Cl2N3O5S/c1-4-5-21-39-36(43)34(23-27-9-7-6-8-10-27)40(24-28-13-20-32(37)33(38)22-28)35(42)25-41(29-14-11-26(2)12-15-29)47(44,45)31-18-16-30(46-3)17-19-31/h6-20,22,34H,4-5,21,23-25H2,1-3H3,(H,39,43). The highest BCUT2D eigenvalue weighted by Gasteiger charge is 2.34. The predicted octanol–water partition coefficient (Wildman–Crippen LogP) is 7.06. The van der Waals surface area contributed by atoms with E-state index in [0.717, 1.165) is 28.3 Å². The first kappa shape index (κ1) is 35.8. The van der Waals surface area contributed by atoms with Crippen molar-refractivity contribution in [2.75, 3.05) is 24.5 Å². The van der Waals surface area contributed by atoms with Crippen LogP contribution in [0.15, 0.2) is 102 Å². The van der Waals surface area contributed by atoms with E-state index in [1.165, 1.54) is 24.1 Å². The Hall–Kier alpha value is -4.05. The number of amides is 2. The molecule has 0 aliphatic rings. The minimum absolute atomic E-state index is 0.0131. The molecule has 4 aromatic carbocycles. The number of anilines is 1. The van der Waals surface area contributed by atoms with Gasteiger partial charge in [-0.15, -0.1) is 0 Å². The second-order valence-electron chi connectivity index (χ2n) is 11.1. The van der Waals surface area contributed by atoms with E-state index in [9.17, 15) is 18.0 Å². The summed E-state index contributed by atoms with van der Waals surface area (Å²) in [5.41, 5.74) is 2.71. The van der Waals surface area contributed by atoms with E-state index >= 15 is 0 Å². The molecule has 0 aliphatic carbocycles. The first-order chi connectivity index (χ1) is 22.5. The number of carbonyl (C=O) groups is 2. The van der Waals surface area contributed by atoms with Crippen LogP contribution in [0.3, 0.4) is 0 Å². The van der Waals surface area contributed by atoms with Crippen LogP contribution in [-0.2, 0) is 32.6 Å². The van der Waals surface area contributed by atoms with Crippen molar-refractivity contribution in [2.45, 2.75) is 50.6 Å². The average Bonchev–Trinajstić information content (AvgIpc) is 3.07. The maximum atomic E-state index is 14.6. The monoisotopic (exact) mass is 695 g/mol. The summed E-state index contributed by atoms with van der Waals surface area (Å²) in [7, 11) is -2.74. The quantitative estimate of drug-likeness (QED) is 0.134. The maximum absolute atomic E-state index is 14.6. The fraction of sp³-hybridized carbons (Fsp3) is 0.278. The Balaban J connectivity index is 1.80. The van der Waals surface area contributed by atoms with Crippen LogP contribution in [0, 0.1) is 6.92 Å². The van der Waals surface area contributed by atoms with E-state index in [4.69, 9.17) is 27.9 Å². The fourth-order valence-electron chi connectivity index (χ4n) is 5.01. The number of carbonyl (C=O) groups excluding carboxylic acids is 2. The molecule has 1 N–H and O–H groups in total. The van der Waals surface area contributed by atoms with E-state index in [1.54, 1.807) is 54.6 Å². The van der Waals surface area contributed by atoms with Crippen molar-refractivity contribution in [3.8, 4) is 5.75 Å². The van der Waals surface area contributed by atoms with Crippen molar-refractivity contribution in [1.82, 2.24) is 10.2 Å². The van der Waals surface area contributed by atoms with Gasteiger partial charge in [-0.2, -0.15) is 0 Å². The Kier molecular flexibility index (Phi) is 12.7. The third kappa shape index (κ3) is 9.50. The highest BCUT2D eigenvalue weighted by Crippen LogP contribution is 2.28. The van der Waals surface area contributed by atoms with Crippen LogP contribution in [0.5, 0.6) is 5.75 Å². The Morgan fingerprint density at radius 3 is 2.17 bits per heavy atom.